The number of nitrogens with two attached hydrogens (primary N) is 1. The molecule has 1 aliphatic carbocycles. The van der Waals surface area contributed by atoms with Crippen LogP contribution in [-0.2, 0) is 4.74 Å². The molecule has 3 aliphatic rings. The Balaban J connectivity index is 1.64. The Labute approximate surface area is 127 Å². The van der Waals surface area contributed by atoms with Crippen LogP contribution in [0.25, 0.3) is 0 Å². The van der Waals surface area contributed by atoms with E-state index < -0.39 is 0 Å². The highest BCUT2D eigenvalue weighted by Gasteiger charge is 2.39. The molecule has 1 saturated heterocycles. The third-order valence-corrected chi connectivity index (χ3v) is 5.34. The van der Waals surface area contributed by atoms with Crippen molar-refractivity contribution in [2.45, 2.75) is 37.8 Å². The molecule has 2 aliphatic heterocycles. The number of nitrogens with one attached hydrogen (secondary N) is 1. The van der Waals surface area contributed by atoms with Crippen LogP contribution in [0.1, 0.15) is 25.7 Å². The maximum Gasteiger partial charge on any atom is 0.191 e. The Hall–Kier alpha value is -1.38. The fourth-order valence-corrected chi connectivity index (χ4v) is 4.33. The molecule has 3 heterocycles. The predicted octanol–water partition coefficient (Wildman–Crippen LogP) is 1.19. The highest BCUT2D eigenvalue weighted by molar-refractivity contribution is 7.20. The van der Waals surface area contributed by atoms with E-state index in [0.717, 1.165) is 21.8 Å². The summed E-state index contributed by atoms with van der Waals surface area (Å²) < 4.78 is 5.93. The van der Waals surface area contributed by atoms with Gasteiger partial charge in [0.05, 0.1) is 18.7 Å². The molecule has 0 radical (unpaired) electrons. The molecule has 2 fully saturated rings. The lowest BCUT2D eigenvalue weighted by Crippen LogP contribution is -2.44. The molecule has 0 spiro atoms. The van der Waals surface area contributed by atoms with E-state index in [4.69, 9.17) is 15.5 Å². The molecule has 0 aromatic carbocycles. The molecule has 1 aromatic heterocycles. The smallest absolute Gasteiger partial charge is 0.191 e. The van der Waals surface area contributed by atoms with E-state index in [-0.39, 0.29) is 0 Å². The molecular formula is C13H20N6OS. The number of ether oxygens (including phenoxy) is 1. The number of aromatic nitrogens is 1. The monoisotopic (exact) mass is 308 g/mol. The van der Waals surface area contributed by atoms with Crippen LogP contribution in [0.15, 0.2) is 4.99 Å². The summed E-state index contributed by atoms with van der Waals surface area (Å²) in [5, 5.41) is 3.82. The molecular weight excluding hydrogens is 288 g/mol. The van der Waals surface area contributed by atoms with Gasteiger partial charge in [-0.2, -0.15) is 4.98 Å². The van der Waals surface area contributed by atoms with Crippen molar-refractivity contribution < 1.29 is 4.74 Å². The summed E-state index contributed by atoms with van der Waals surface area (Å²) in [5.41, 5.74) is 8.81. The maximum absolute atomic E-state index is 5.93. The molecule has 7 nitrogen and oxygen atoms in total. The standard InChI is InChI=1S/C13H20N6OS/c1-18-11-12(15-10(6-14)17-18)21-13(16-11)19-7-20-9-5-3-2-4-8(9)19/h8-9H,2-7,14H2,1H3,(H,15,17)/t8-,9-/m1/s1. The van der Waals surface area contributed by atoms with E-state index in [2.05, 4.69) is 15.3 Å². The van der Waals surface area contributed by atoms with Gasteiger partial charge in [-0.05, 0) is 12.8 Å². The lowest BCUT2D eigenvalue weighted by molar-refractivity contribution is 0.0828. The molecule has 114 valence electrons. The third-order valence-electron chi connectivity index (χ3n) is 4.37. The van der Waals surface area contributed by atoms with Crippen molar-refractivity contribution in [1.29, 1.82) is 0 Å². The van der Waals surface area contributed by atoms with Gasteiger partial charge >= 0.3 is 0 Å². The first-order chi connectivity index (χ1) is 10.3. The molecule has 1 aromatic rings. The zero-order valence-electron chi connectivity index (χ0n) is 12.1. The zero-order chi connectivity index (χ0) is 14.4. The van der Waals surface area contributed by atoms with Crippen LogP contribution in [0.2, 0.25) is 0 Å². The summed E-state index contributed by atoms with van der Waals surface area (Å²) in [5.74, 6) is 1.64. The number of hydrogen-bond donors (Lipinski definition) is 2. The number of aliphatic imine (C=N–C) groups is 1. The van der Waals surface area contributed by atoms with Crippen molar-refractivity contribution in [2.75, 3.05) is 30.2 Å². The van der Waals surface area contributed by atoms with Gasteiger partial charge in [-0.1, -0.05) is 24.2 Å². The average molecular weight is 308 g/mol. The summed E-state index contributed by atoms with van der Waals surface area (Å²) in [6, 6.07) is 0.475. The molecule has 0 unspecified atom stereocenters. The number of thiazole rings is 1. The molecule has 8 heteroatoms. The van der Waals surface area contributed by atoms with Crippen molar-refractivity contribution in [3.05, 3.63) is 0 Å². The predicted molar refractivity (Wildman–Crippen MR) is 84.3 cm³/mol. The van der Waals surface area contributed by atoms with Gasteiger partial charge in [-0.3, -0.25) is 10.4 Å². The van der Waals surface area contributed by atoms with Crippen molar-refractivity contribution in [1.82, 2.24) is 10.4 Å². The average Bonchev–Trinajstić information content (AvgIpc) is 3.10. The minimum absolute atomic E-state index is 0.374. The van der Waals surface area contributed by atoms with Gasteiger partial charge in [0, 0.05) is 7.05 Å². The van der Waals surface area contributed by atoms with Gasteiger partial charge < -0.3 is 15.4 Å². The summed E-state index contributed by atoms with van der Waals surface area (Å²) in [7, 11) is 1.94. The molecule has 21 heavy (non-hydrogen) atoms. The van der Waals surface area contributed by atoms with E-state index in [1.165, 1.54) is 25.7 Å². The van der Waals surface area contributed by atoms with Crippen LogP contribution in [0.5, 0.6) is 0 Å². The third kappa shape index (κ3) is 2.18. The maximum atomic E-state index is 5.93. The topological polar surface area (TPSA) is 79.0 Å². The van der Waals surface area contributed by atoms with Crippen LogP contribution in [-0.4, -0.2) is 43.3 Å². The quantitative estimate of drug-likeness (QED) is 0.854. The van der Waals surface area contributed by atoms with Crippen molar-refractivity contribution in [2.24, 2.45) is 10.7 Å². The van der Waals surface area contributed by atoms with E-state index in [1.54, 1.807) is 11.3 Å². The number of anilines is 2. The molecule has 0 bridgehead atoms. The van der Waals surface area contributed by atoms with Gasteiger partial charge in [0.15, 0.2) is 16.0 Å². The number of hydrazine groups is 1. The van der Waals surface area contributed by atoms with Gasteiger partial charge in [0.2, 0.25) is 0 Å². The van der Waals surface area contributed by atoms with Crippen LogP contribution in [0.4, 0.5) is 16.0 Å². The summed E-state index contributed by atoms with van der Waals surface area (Å²) in [4.78, 5) is 11.6. The molecule has 3 N–H and O–H groups in total. The second-order valence-electron chi connectivity index (χ2n) is 5.71. The summed E-state index contributed by atoms with van der Waals surface area (Å²) >= 11 is 1.62. The molecule has 1 saturated carbocycles. The Morgan fingerprint density at radius 3 is 3.14 bits per heavy atom. The number of rotatable bonds is 2. The van der Waals surface area contributed by atoms with Crippen LogP contribution in [0.3, 0.4) is 0 Å². The highest BCUT2D eigenvalue weighted by Crippen LogP contribution is 2.43. The number of nitrogens with zero attached hydrogens (tertiary/aromatic N) is 4. The minimum atomic E-state index is 0.374. The highest BCUT2D eigenvalue weighted by atomic mass is 32.1. The Bertz CT molecular complexity index is 573. The summed E-state index contributed by atoms with van der Waals surface area (Å²) in [6.45, 7) is 1.04. The van der Waals surface area contributed by atoms with Gasteiger partial charge in [-0.25, -0.2) is 4.99 Å². The van der Waals surface area contributed by atoms with Gasteiger partial charge in [0.1, 0.15) is 12.6 Å². The Kier molecular flexibility index (Phi) is 3.24. The van der Waals surface area contributed by atoms with Crippen molar-refractivity contribution in [3.63, 3.8) is 0 Å². The Morgan fingerprint density at radius 1 is 1.43 bits per heavy atom. The second-order valence-corrected chi connectivity index (χ2v) is 6.67. The molecule has 0 amide bonds. The van der Waals surface area contributed by atoms with E-state index in [9.17, 15) is 0 Å². The lowest BCUT2D eigenvalue weighted by Gasteiger charge is -2.28. The fourth-order valence-electron chi connectivity index (χ4n) is 3.29. The number of amidine groups is 1. The number of hydrogen-bond acceptors (Lipinski definition) is 8. The first-order valence-electron chi connectivity index (χ1n) is 7.43. The van der Waals surface area contributed by atoms with Crippen LogP contribution >= 0.6 is 11.3 Å². The minimum Gasteiger partial charge on any atom is -0.356 e. The van der Waals surface area contributed by atoms with Gasteiger partial charge in [-0.15, -0.1) is 0 Å². The van der Waals surface area contributed by atoms with Crippen molar-refractivity contribution in [3.8, 4) is 0 Å². The summed E-state index contributed by atoms with van der Waals surface area (Å²) in [6.07, 6.45) is 5.30. The van der Waals surface area contributed by atoms with Gasteiger partial charge in [0.25, 0.3) is 0 Å². The van der Waals surface area contributed by atoms with Crippen molar-refractivity contribution >= 4 is 33.1 Å². The fraction of sp³-hybridized carbons (Fsp3) is 0.692. The van der Waals surface area contributed by atoms with Crippen LogP contribution < -0.4 is 21.1 Å². The first kappa shape index (κ1) is 13.3. The largest absolute Gasteiger partial charge is 0.356 e. The van der Waals surface area contributed by atoms with E-state index >= 15 is 0 Å². The molecule has 2 atom stereocenters. The normalized spacial score (nSPS) is 28.0. The van der Waals surface area contributed by atoms with Crippen LogP contribution in [0, 0.1) is 0 Å². The zero-order valence-corrected chi connectivity index (χ0v) is 12.9. The molecule has 4 rings (SSSR count). The number of fused-ring (bicyclic) bond motifs is 2. The SMILES string of the molecule is CN1NC(CN)=Nc2sc(N3CO[C@@H]4CCCC[C@H]43)nc21. The first-order valence-corrected chi connectivity index (χ1v) is 8.25. The van der Waals surface area contributed by atoms with E-state index in [0.29, 0.717) is 25.4 Å². The Morgan fingerprint density at radius 2 is 2.29 bits per heavy atom. The second kappa shape index (κ2) is 5.11. The lowest BCUT2D eigenvalue weighted by atomic mass is 9.93. The van der Waals surface area contributed by atoms with E-state index in [1.807, 2.05) is 12.1 Å².